The highest BCUT2D eigenvalue weighted by Gasteiger charge is 2.37. The molecule has 0 aromatic carbocycles. The van der Waals surface area contributed by atoms with Crippen LogP contribution in [0.15, 0.2) is 15.3 Å². The number of aryl methyl sites for hydroxylation is 2. The van der Waals surface area contributed by atoms with Gasteiger partial charge in [-0.05, 0) is 41.4 Å². The average Bonchev–Trinajstić information content (AvgIpc) is 2.25. The van der Waals surface area contributed by atoms with Crippen LogP contribution in [0, 0.1) is 13.8 Å². The molecule has 0 radical (unpaired) electrons. The summed E-state index contributed by atoms with van der Waals surface area (Å²) >= 11 is 2.62. The summed E-state index contributed by atoms with van der Waals surface area (Å²) in [5.41, 5.74) is -1.03. The lowest BCUT2D eigenvalue weighted by Crippen LogP contribution is -2.24. The summed E-state index contributed by atoms with van der Waals surface area (Å²) in [6, 6.07) is 1.39. The van der Waals surface area contributed by atoms with E-state index in [0.717, 1.165) is 4.52 Å². The van der Waals surface area contributed by atoms with E-state index >= 15 is 0 Å². The van der Waals surface area contributed by atoms with Gasteiger partial charge in [0.15, 0.2) is 11.3 Å². The maximum absolute atomic E-state index is 12.7. The Morgan fingerprint density at radius 1 is 1.33 bits per heavy atom. The maximum atomic E-state index is 12.7. The first-order chi connectivity index (χ1) is 8.21. The fraction of sp³-hybridized carbons (Fsp3) is 0.300. The van der Waals surface area contributed by atoms with Gasteiger partial charge in [-0.15, -0.1) is 0 Å². The first kappa shape index (κ1) is 13.0. The number of hydrogen-bond acceptors (Lipinski definition) is 3. The molecule has 0 amide bonds. The van der Waals surface area contributed by atoms with E-state index in [1.165, 1.54) is 6.07 Å². The van der Waals surface area contributed by atoms with Gasteiger partial charge >= 0.3 is 6.18 Å². The van der Waals surface area contributed by atoms with Crippen LogP contribution in [0.25, 0.3) is 5.65 Å². The van der Waals surface area contributed by atoms with E-state index in [4.69, 9.17) is 0 Å². The van der Waals surface area contributed by atoms with Crippen molar-refractivity contribution in [3.05, 3.63) is 37.8 Å². The van der Waals surface area contributed by atoms with Gasteiger partial charge in [0.1, 0.15) is 4.47 Å². The van der Waals surface area contributed by atoms with Crippen molar-refractivity contribution in [2.75, 3.05) is 0 Å². The van der Waals surface area contributed by atoms with Gasteiger partial charge in [-0.3, -0.25) is 4.79 Å². The van der Waals surface area contributed by atoms with Crippen LogP contribution in [0.5, 0.6) is 0 Å². The molecule has 0 aliphatic heterocycles. The largest absolute Gasteiger partial charge is 0.434 e. The zero-order valence-electron chi connectivity index (χ0n) is 9.34. The molecule has 8 heteroatoms. The molecule has 2 aromatic rings. The topological polar surface area (TPSA) is 47.3 Å². The second-order valence-corrected chi connectivity index (χ2v) is 4.55. The van der Waals surface area contributed by atoms with Crippen LogP contribution in [-0.4, -0.2) is 14.6 Å². The molecule has 0 saturated heterocycles. The highest BCUT2D eigenvalue weighted by Crippen LogP contribution is 2.31. The van der Waals surface area contributed by atoms with E-state index in [-0.39, 0.29) is 5.65 Å². The zero-order valence-corrected chi connectivity index (χ0v) is 10.9. The van der Waals surface area contributed by atoms with Crippen molar-refractivity contribution in [3.8, 4) is 0 Å². The van der Waals surface area contributed by atoms with Crippen LogP contribution in [0.3, 0.4) is 0 Å². The van der Waals surface area contributed by atoms with Crippen LogP contribution < -0.4 is 5.56 Å². The molecule has 2 heterocycles. The number of nitrogens with zero attached hydrogens (tertiary/aromatic N) is 3. The van der Waals surface area contributed by atoms with Crippen LogP contribution >= 0.6 is 15.9 Å². The van der Waals surface area contributed by atoms with E-state index in [9.17, 15) is 18.0 Å². The van der Waals surface area contributed by atoms with Crippen molar-refractivity contribution in [1.29, 1.82) is 0 Å². The summed E-state index contributed by atoms with van der Waals surface area (Å²) in [7, 11) is 0. The molecule has 0 saturated carbocycles. The summed E-state index contributed by atoms with van der Waals surface area (Å²) in [6.07, 6.45) is -4.69. The van der Waals surface area contributed by atoms with Gasteiger partial charge in [0.25, 0.3) is 5.56 Å². The Morgan fingerprint density at radius 2 is 1.94 bits per heavy atom. The van der Waals surface area contributed by atoms with Gasteiger partial charge in [0.2, 0.25) is 0 Å². The van der Waals surface area contributed by atoms with Gasteiger partial charge < -0.3 is 0 Å². The second kappa shape index (κ2) is 4.04. The molecule has 0 spiro atoms. The van der Waals surface area contributed by atoms with Gasteiger partial charge in [-0.1, -0.05) is 0 Å². The number of fused-ring (bicyclic) bond motifs is 1. The predicted octanol–water partition coefficient (Wildman–Crippen LogP) is 2.49. The summed E-state index contributed by atoms with van der Waals surface area (Å²) in [5, 5.41) is 3.90. The first-order valence-corrected chi connectivity index (χ1v) is 5.65. The van der Waals surface area contributed by atoms with Gasteiger partial charge in [-0.25, -0.2) is 4.98 Å². The van der Waals surface area contributed by atoms with Crippen LogP contribution in [-0.2, 0) is 6.18 Å². The molecule has 0 unspecified atom stereocenters. The minimum absolute atomic E-state index is 0.126. The lowest BCUT2D eigenvalue weighted by molar-refractivity contribution is -0.141. The Kier molecular flexibility index (Phi) is 2.92. The van der Waals surface area contributed by atoms with Crippen molar-refractivity contribution in [2.24, 2.45) is 0 Å². The first-order valence-electron chi connectivity index (χ1n) is 4.86. The summed E-state index contributed by atoms with van der Waals surface area (Å²) < 4.78 is 38.2. The molecule has 0 aliphatic rings. The number of aromatic nitrogens is 3. The Labute approximate surface area is 108 Å². The molecule has 0 bridgehead atoms. The molecule has 0 aliphatic carbocycles. The quantitative estimate of drug-likeness (QED) is 0.749. The fourth-order valence-corrected chi connectivity index (χ4v) is 1.90. The number of alkyl halides is 3. The molecule has 2 rings (SSSR count). The number of rotatable bonds is 0. The molecular weight excluding hydrogens is 315 g/mol. The van der Waals surface area contributed by atoms with Crippen molar-refractivity contribution >= 4 is 21.6 Å². The van der Waals surface area contributed by atoms with Gasteiger partial charge in [0, 0.05) is 0 Å². The minimum Gasteiger partial charge on any atom is -0.266 e. The summed E-state index contributed by atoms with van der Waals surface area (Å²) in [5.74, 6) is 0. The Balaban J connectivity index is 2.93. The molecule has 0 atom stereocenters. The highest BCUT2D eigenvalue weighted by atomic mass is 79.9. The lowest BCUT2D eigenvalue weighted by atomic mass is 10.2. The third-order valence-electron chi connectivity index (χ3n) is 2.47. The molecule has 0 fully saturated rings. The predicted molar refractivity (Wildman–Crippen MR) is 61.4 cm³/mol. The van der Waals surface area contributed by atoms with E-state index in [0.29, 0.717) is 11.3 Å². The smallest absolute Gasteiger partial charge is 0.266 e. The highest BCUT2D eigenvalue weighted by molar-refractivity contribution is 9.10. The monoisotopic (exact) mass is 321 g/mol. The Hall–Kier alpha value is -1.44. The van der Waals surface area contributed by atoms with Crippen LogP contribution in [0.2, 0.25) is 0 Å². The molecule has 96 valence electrons. The van der Waals surface area contributed by atoms with Crippen LogP contribution in [0.1, 0.15) is 17.0 Å². The van der Waals surface area contributed by atoms with Crippen molar-refractivity contribution in [2.45, 2.75) is 20.0 Å². The summed E-state index contributed by atoms with van der Waals surface area (Å²) in [6.45, 7) is 3.34. The Morgan fingerprint density at radius 3 is 2.50 bits per heavy atom. The van der Waals surface area contributed by atoms with Gasteiger partial charge in [-0.2, -0.15) is 22.8 Å². The molecular formula is C10H7BrF3N3O. The number of halogens is 4. The summed E-state index contributed by atoms with van der Waals surface area (Å²) in [4.78, 5) is 15.2. The van der Waals surface area contributed by atoms with Crippen molar-refractivity contribution in [1.82, 2.24) is 14.6 Å². The SMILES string of the molecule is Cc1cc2nc(C(F)(F)F)c(Br)c(=O)n2nc1C. The van der Waals surface area contributed by atoms with Crippen LogP contribution in [0.4, 0.5) is 13.2 Å². The van der Waals surface area contributed by atoms with E-state index in [1.54, 1.807) is 13.8 Å². The minimum atomic E-state index is -4.69. The fourth-order valence-electron chi connectivity index (χ4n) is 1.41. The van der Waals surface area contributed by atoms with Crippen molar-refractivity contribution < 1.29 is 13.2 Å². The van der Waals surface area contributed by atoms with Crippen molar-refractivity contribution in [3.63, 3.8) is 0 Å². The third kappa shape index (κ3) is 2.00. The average molecular weight is 322 g/mol. The second-order valence-electron chi connectivity index (χ2n) is 3.76. The zero-order chi connectivity index (χ0) is 13.7. The number of hydrogen-bond donors (Lipinski definition) is 0. The third-order valence-corrected chi connectivity index (χ3v) is 3.18. The molecule has 0 N–H and O–H groups in total. The maximum Gasteiger partial charge on any atom is 0.434 e. The van der Waals surface area contributed by atoms with E-state index in [2.05, 4.69) is 26.0 Å². The molecule has 2 aromatic heterocycles. The normalized spacial score (nSPS) is 12.1. The lowest BCUT2D eigenvalue weighted by Gasteiger charge is -2.10. The van der Waals surface area contributed by atoms with Gasteiger partial charge in [0.05, 0.1) is 5.69 Å². The standard InChI is InChI=1S/C10H7BrF3N3O/c1-4-3-6-15-8(10(12,13)14)7(11)9(18)17(6)16-5(4)2/h3H,1-2H3. The van der Waals surface area contributed by atoms with E-state index < -0.39 is 21.9 Å². The Bertz CT molecular complexity index is 693. The molecule has 4 nitrogen and oxygen atoms in total. The molecule has 18 heavy (non-hydrogen) atoms. The van der Waals surface area contributed by atoms with E-state index in [1.807, 2.05) is 0 Å².